The second kappa shape index (κ2) is 5.09. The summed E-state index contributed by atoms with van der Waals surface area (Å²) in [5.41, 5.74) is 5.19. The molecule has 0 bridgehead atoms. The lowest BCUT2D eigenvalue weighted by Gasteiger charge is -2.08. The number of aliphatic carboxylic acids is 1. The van der Waals surface area contributed by atoms with Crippen molar-refractivity contribution in [3.05, 3.63) is 4.91 Å². The smallest absolute Gasteiger partial charge is 0.320 e. The van der Waals surface area contributed by atoms with E-state index >= 15 is 0 Å². The standard InChI is InChI=1S/C5H10N2O3S/c1-3(11-7-10)2-4(6)5(8)9/h3-4H,2,6H2,1H3,(H,8,9). The lowest BCUT2D eigenvalue weighted by atomic mass is 10.2. The summed E-state index contributed by atoms with van der Waals surface area (Å²) in [5, 5.41) is 8.22. The molecular weight excluding hydrogens is 168 g/mol. The summed E-state index contributed by atoms with van der Waals surface area (Å²) in [6.07, 6.45) is 0.256. The zero-order valence-corrected chi connectivity index (χ0v) is 6.87. The van der Waals surface area contributed by atoms with Crippen LogP contribution in [0.15, 0.2) is 4.58 Å². The monoisotopic (exact) mass is 178 g/mol. The van der Waals surface area contributed by atoms with Gasteiger partial charge in [-0.05, 0) is 6.42 Å². The van der Waals surface area contributed by atoms with Gasteiger partial charge >= 0.3 is 5.97 Å². The molecule has 64 valence electrons. The van der Waals surface area contributed by atoms with E-state index in [0.717, 1.165) is 11.9 Å². The molecule has 2 atom stereocenters. The lowest BCUT2D eigenvalue weighted by Crippen LogP contribution is -2.32. The summed E-state index contributed by atoms with van der Waals surface area (Å²) in [6, 6.07) is -0.903. The van der Waals surface area contributed by atoms with Crippen LogP contribution in [-0.4, -0.2) is 22.4 Å². The number of carboxylic acid groups (broad SMARTS) is 1. The first kappa shape index (κ1) is 10.4. The first-order chi connectivity index (χ1) is 5.07. The second-order valence-corrected chi connectivity index (χ2v) is 3.34. The van der Waals surface area contributed by atoms with Gasteiger partial charge in [-0.1, -0.05) is 6.92 Å². The average molecular weight is 178 g/mol. The van der Waals surface area contributed by atoms with Gasteiger partial charge in [0.2, 0.25) is 0 Å². The predicted octanol–water partition coefficient (Wildman–Crippen LogP) is 0.591. The molecule has 6 heteroatoms. The Kier molecular flexibility index (Phi) is 4.80. The Bertz CT molecular complexity index is 153. The minimum atomic E-state index is -1.05. The summed E-state index contributed by atoms with van der Waals surface area (Å²) >= 11 is 0.803. The lowest BCUT2D eigenvalue weighted by molar-refractivity contribution is -0.138. The van der Waals surface area contributed by atoms with Gasteiger partial charge < -0.3 is 10.8 Å². The number of hydrogen-bond donors (Lipinski definition) is 2. The molecule has 0 saturated heterocycles. The molecule has 11 heavy (non-hydrogen) atoms. The van der Waals surface area contributed by atoms with Gasteiger partial charge in [-0.25, -0.2) is 0 Å². The van der Waals surface area contributed by atoms with E-state index in [4.69, 9.17) is 10.8 Å². The van der Waals surface area contributed by atoms with Gasteiger partial charge in [0.1, 0.15) is 6.04 Å². The van der Waals surface area contributed by atoms with Crippen molar-refractivity contribution < 1.29 is 9.90 Å². The van der Waals surface area contributed by atoms with Crippen molar-refractivity contribution in [3.8, 4) is 0 Å². The molecule has 0 aromatic heterocycles. The van der Waals surface area contributed by atoms with Crippen LogP contribution in [0.1, 0.15) is 13.3 Å². The molecule has 0 saturated carbocycles. The Morgan fingerprint density at radius 3 is 2.73 bits per heavy atom. The maximum Gasteiger partial charge on any atom is 0.320 e. The summed E-state index contributed by atoms with van der Waals surface area (Å²) in [7, 11) is 0. The number of nitrogens with zero attached hydrogens (tertiary/aromatic N) is 1. The normalized spacial score (nSPS) is 15.5. The molecule has 0 amide bonds. The van der Waals surface area contributed by atoms with Gasteiger partial charge in [-0.3, -0.25) is 4.79 Å². The Labute approximate surface area is 68.4 Å². The van der Waals surface area contributed by atoms with E-state index in [2.05, 4.69) is 4.58 Å². The van der Waals surface area contributed by atoms with Gasteiger partial charge in [0.05, 0.1) is 0 Å². The maximum atomic E-state index is 10.2. The van der Waals surface area contributed by atoms with Gasteiger partial charge in [0, 0.05) is 21.8 Å². The highest BCUT2D eigenvalue weighted by molar-refractivity contribution is 7.98. The topological polar surface area (TPSA) is 92.8 Å². The van der Waals surface area contributed by atoms with Crippen molar-refractivity contribution in [2.45, 2.75) is 24.6 Å². The highest BCUT2D eigenvalue weighted by Crippen LogP contribution is 2.15. The van der Waals surface area contributed by atoms with E-state index in [1.807, 2.05) is 0 Å². The largest absolute Gasteiger partial charge is 0.480 e. The molecule has 0 aromatic carbocycles. The Morgan fingerprint density at radius 2 is 2.36 bits per heavy atom. The van der Waals surface area contributed by atoms with Gasteiger partial charge in [0.15, 0.2) is 0 Å². The molecule has 3 N–H and O–H groups in total. The van der Waals surface area contributed by atoms with Crippen molar-refractivity contribution in [1.82, 2.24) is 0 Å². The van der Waals surface area contributed by atoms with Crippen LogP contribution in [0.4, 0.5) is 0 Å². The molecule has 0 spiro atoms. The Morgan fingerprint density at radius 1 is 1.82 bits per heavy atom. The van der Waals surface area contributed by atoms with Crippen LogP contribution in [0, 0.1) is 4.91 Å². The van der Waals surface area contributed by atoms with Crippen LogP contribution in [0.3, 0.4) is 0 Å². The SMILES string of the molecule is CC(CC(N)C(=O)O)SN=O. The van der Waals surface area contributed by atoms with E-state index in [1.165, 1.54) is 0 Å². The Balaban J connectivity index is 3.64. The third-order valence-corrected chi connectivity index (χ3v) is 1.76. The number of carbonyl (C=O) groups is 1. The molecule has 0 fully saturated rings. The van der Waals surface area contributed by atoms with Crippen LogP contribution in [0.25, 0.3) is 0 Å². The maximum absolute atomic E-state index is 10.2. The highest BCUT2D eigenvalue weighted by Gasteiger charge is 2.15. The number of carboxylic acids is 1. The van der Waals surface area contributed by atoms with E-state index in [0.29, 0.717) is 0 Å². The number of nitroso groups, excluding NO2 is 1. The first-order valence-electron chi connectivity index (χ1n) is 3.04. The first-order valence-corrected chi connectivity index (χ1v) is 3.88. The van der Waals surface area contributed by atoms with Crippen molar-refractivity contribution in [2.24, 2.45) is 10.3 Å². The average Bonchev–Trinajstić information content (AvgIpc) is 1.87. The number of rotatable bonds is 5. The molecule has 0 aromatic rings. The third kappa shape index (κ3) is 4.74. The van der Waals surface area contributed by atoms with E-state index in [1.54, 1.807) is 6.92 Å². The minimum Gasteiger partial charge on any atom is -0.480 e. The molecule has 5 nitrogen and oxygen atoms in total. The fourth-order valence-electron chi connectivity index (χ4n) is 0.575. The molecular formula is C5H10N2O3S. The molecule has 0 aliphatic carbocycles. The van der Waals surface area contributed by atoms with Crippen LogP contribution < -0.4 is 5.73 Å². The predicted molar refractivity (Wildman–Crippen MR) is 43.1 cm³/mol. The van der Waals surface area contributed by atoms with E-state index in [-0.39, 0.29) is 11.7 Å². The zero-order chi connectivity index (χ0) is 8.85. The van der Waals surface area contributed by atoms with Crippen LogP contribution in [-0.2, 0) is 4.79 Å². The van der Waals surface area contributed by atoms with Crippen molar-refractivity contribution in [2.75, 3.05) is 0 Å². The van der Waals surface area contributed by atoms with Crippen molar-refractivity contribution >= 4 is 17.9 Å². The summed E-state index contributed by atoms with van der Waals surface area (Å²) in [6.45, 7) is 1.70. The molecule has 0 aliphatic heterocycles. The fraction of sp³-hybridized carbons (Fsp3) is 0.800. The van der Waals surface area contributed by atoms with Gasteiger partial charge in [-0.2, -0.15) is 0 Å². The minimum absolute atomic E-state index is 0.140. The van der Waals surface area contributed by atoms with E-state index < -0.39 is 12.0 Å². The summed E-state index contributed by atoms with van der Waals surface area (Å²) in [5.74, 6) is -1.05. The molecule has 0 heterocycles. The van der Waals surface area contributed by atoms with Gasteiger partial charge in [0.25, 0.3) is 0 Å². The van der Waals surface area contributed by atoms with E-state index in [9.17, 15) is 9.70 Å². The Hall–Kier alpha value is -0.620. The molecule has 0 aliphatic rings. The number of nitrogens with two attached hydrogens (primary N) is 1. The quantitative estimate of drug-likeness (QED) is 0.474. The van der Waals surface area contributed by atoms with Crippen LogP contribution in [0.5, 0.6) is 0 Å². The molecule has 2 unspecified atom stereocenters. The molecule has 0 rings (SSSR count). The summed E-state index contributed by atoms with van der Waals surface area (Å²) < 4.78 is 2.57. The highest BCUT2D eigenvalue weighted by atomic mass is 32.2. The van der Waals surface area contributed by atoms with Crippen LogP contribution >= 0.6 is 11.9 Å². The second-order valence-electron chi connectivity index (χ2n) is 2.17. The van der Waals surface area contributed by atoms with Crippen LogP contribution in [0.2, 0.25) is 0 Å². The third-order valence-electron chi connectivity index (χ3n) is 1.13. The number of hydrogen-bond acceptors (Lipinski definition) is 5. The molecule has 0 radical (unpaired) electrons. The fourth-order valence-corrected chi connectivity index (χ4v) is 1.02. The zero-order valence-electron chi connectivity index (χ0n) is 6.06. The summed E-state index contributed by atoms with van der Waals surface area (Å²) in [4.78, 5) is 19.9. The van der Waals surface area contributed by atoms with Crippen molar-refractivity contribution in [1.29, 1.82) is 0 Å². The van der Waals surface area contributed by atoms with Crippen molar-refractivity contribution in [3.63, 3.8) is 0 Å². The van der Waals surface area contributed by atoms with Gasteiger partial charge in [-0.15, -0.1) is 4.91 Å².